The molecule has 10 heteroatoms. The van der Waals surface area contributed by atoms with Gasteiger partial charge in [-0.1, -0.05) is 37.5 Å². The van der Waals surface area contributed by atoms with Gasteiger partial charge < -0.3 is 20.1 Å². The quantitative estimate of drug-likeness (QED) is 0.349. The van der Waals surface area contributed by atoms with E-state index in [1.54, 1.807) is 42.6 Å². The summed E-state index contributed by atoms with van der Waals surface area (Å²) in [6, 6.07) is 14.8. The molecule has 2 aromatic carbocycles. The number of amides is 3. The fraction of sp³-hybridized carbons (Fsp3) is 0.355. The number of halogens is 1. The van der Waals surface area contributed by atoms with E-state index >= 15 is 0 Å². The number of nitrogens with zero attached hydrogens (tertiary/aromatic N) is 2. The second-order valence-electron chi connectivity index (χ2n) is 10.2. The van der Waals surface area contributed by atoms with E-state index in [4.69, 9.17) is 9.47 Å². The van der Waals surface area contributed by atoms with Gasteiger partial charge in [-0.15, -0.1) is 0 Å². The minimum atomic E-state index is -1.06. The van der Waals surface area contributed by atoms with E-state index in [0.717, 1.165) is 32.1 Å². The maximum atomic E-state index is 13.9. The van der Waals surface area contributed by atoms with Crippen molar-refractivity contribution in [2.45, 2.75) is 63.5 Å². The lowest BCUT2D eigenvalue weighted by molar-refractivity contribution is -0.127. The Labute approximate surface area is 238 Å². The molecule has 2 N–H and O–H groups in total. The normalized spacial score (nSPS) is 15.1. The molecule has 1 atom stereocenters. The number of rotatable bonds is 10. The molecule has 1 saturated carbocycles. The van der Waals surface area contributed by atoms with Gasteiger partial charge in [-0.05, 0) is 61.2 Å². The molecule has 2 aliphatic rings. The van der Waals surface area contributed by atoms with Gasteiger partial charge in [0, 0.05) is 36.8 Å². The van der Waals surface area contributed by atoms with Gasteiger partial charge in [0.05, 0.1) is 0 Å². The third-order valence-corrected chi connectivity index (χ3v) is 7.27. The molecule has 1 aliphatic carbocycles. The van der Waals surface area contributed by atoms with Gasteiger partial charge in [0.25, 0.3) is 0 Å². The first-order chi connectivity index (χ1) is 20.0. The molecule has 214 valence electrons. The lowest BCUT2D eigenvalue weighted by Crippen LogP contribution is -2.47. The van der Waals surface area contributed by atoms with Gasteiger partial charge in [-0.2, -0.15) is 0 Å². The van der Waals surface area contributed by atoms with Crippen molar-refractivity contribution in [3.63, 3.8) is 0 Å². The zero-order valence-corrected chi connectivity index (χ0v) is 22.7. The first kappa shape index (κ1) is 28.1. The van der Waals surface area contributed by atoms with Crippen molar-refractivity contribution in [1.29, 1.82) is 0 Å². The number of hydrogen-bond donors (Lipinski definition) is 2. The van der Waals surface area contributed by atoms with Crippen LogP contribution in [0.3, 0.4) is 0 Å². The molecular weight excluding hydrogens is 527 g/mol. The number of pyridine rings is 1. The Bertz CT molecular complexity index is 1360. The van der Waals surface area contributed by atoms with E-state index in [9.17, 15) is 18.8 Å². The Morgan fingerprint density at radius 2 is 1.73 bits per heavy atom. The monoisotopic (exact) mass is 560 g/mol. The molecule has 1 aliphatic heterocycles. The van der Waals surface area contributed by atoms with Crippen molar-refractivity contribution in [3.8, 4) is 11.5 Å². The zero-order chi connectivity index (χ0) is 28.6. The summed E-state index contributed by atoms with van der Waals surface area (Å²) in [4.78, 5) is 45.8. The molecule has 5 rings (SSSR count). The van der Waals surface area contributed by atoms with Crippen molar-refractivity contribution in [2.75, 3.05) is 17.0 Å². The lowest BCUT2D eigenvalue weighted by atomic mass is 9.94. The van der Waals surface area contributed by atoms with Crippen LogP contribution in [0.5, 0.6) is 11.5 Å². The Balaban J connectivity index is 1.40. The summed E-state index contributed by atoms with van der Waals surface area (Å²) in [5.41, 5.74) is 0.906. The summed E-state index contributed by atoms with van der Waals surface area (Å²) in [6.45, 7) is 0.0572. The summed E-state index contributed by atoms with van der Waals surface area (Å²) >= 11 is 0. The Kier molecular flexibility index (Phi) is 9.08. The molecule has 1 fully saturated rings. The number of anilines is 2. The summed E-state index contributed by atoms with van der Waals surface area (Å²) in [7, 11) is 0. The van der Waals surface area contributed by atoms with Crippen LogP contribution in [0, 0.1) is 5.82 Å². The molecule has 2 heterocycles. The van der Waals surface area contributed by atoms with Crippen molar-refractivity contribution in [2.24, 2.45) is 0 Å². The zero-order valence-electron chi connectivity index (χ0n) is 22.7. The first-order valence-corrected chi connectivity index (χ1v) is 14.0. The topological polar surface area (TPSA) is 110 Å². The van der Waals surface area contributed by atoms with Crippen LogP contribution in [-0.4, -0.2) is 35.5 Å². The number of carbonyl (C=O) groups excluding carboxylic acids is 3. The molecule has 3 aromatic rings. The number of benzene rings is 2. The van der Waals surface area contributed by atoms with Crippen LogP contribution in [-0.2, 0) is 14.4 Å². The highest BCUT2D eigenvalue weighted by atomic mass is 19.1. The maximum Gasteiger partial charge on any atom is 0.248 e. The molecule has 0 bridgehead atoms. The predicted molar refractivity (Wildman–Crippen MR) is 151 cm³/mol. The Morgan fingerprint density at radius 3 is 2.49 bits per heavy atom. The summed E-state index contributed by atoms with van der Waals surface area (Å²) in [5, 5.41) is 5.85. The third kappa shape index (κ3) is 7.19. The number of aromatic nitrogens is 1. The van der Waals surface area contributed by atoms with Crippen LogP contribution in [0.4, 0.5) is 15.9 Å². The average Bonchev–Trinajstić information content (AvgIpc) is 3.45. The lowest BCUT2D eigenvalue weighted by Gasteiger charge is -2.33. The Morgan fingerprint density at radius 1 is 0.951 bits per heavy atom. The number of fused-ring (bicyclic) bond motifs is 1. The second-order valence-corrected chi connectivity index (χ2v) is 10.2. The van der Waals surface area contributed by atoms with E-state index in [1.165, 1.54) is 29.2 Å². The number of ether oxygens (including phenoxy) is 2. The van der Waals surface area contributed by atoms with Crippen LogP contribution in [0.15, 0.2) is 66.9 Å². The second kappa shape index (κ2) is 13.3. The van der Waals surface area contributed by atoms with Gasteiger partial charge in [0.1, 0.15) is 17.7 Å². The fourth-order valence-electron chi connectivity index (χ4n) is 5.22. The Hall–Kier alpha value is -4.47. The third-order valence-electron chi connectivity index (χ3n) is 7.27. The molecular formula is C31H33FN4O5. The summed E-state index contributed by atoms with van der Waals surface area (Å²) < 4.78 is 24.9. The van der Waals surface area contributed by atoms with Crippen LogP contribution in [0.25, 0.3) is 0 Å². The van der Waals surface area contributed by atoms with Gasteiger partial charge >= 0.3 is 0 Å². The number of nitrogens with one attached hydrogen (secondary N) is 2. The first-order valence-electron chi connectivity index (χ1n) is 14.0. The largest absolute Gasteiger partial charge is 0.454 e. The van der Waals surface area contributed by atoms with Crippen molar-refractivity contribution < 1.29 is 28.2 Å². The summed E-state index contributed by atoms with van der Waals surface area (Å²) in [5.74, 6) is 0.0147. The smallest absolute Gasteiger partial charge is 0.248 e. The predicted octanol–water partition coefficient (Wildman–Crippen LogP) is 5.28. The van der Waals surface area contributed by atoms with Crippen molar-refractivity contribution in [1.82, 2.24) is 10.3 Å². The van der Waals surface area contributed by atoms with Gasteiger partial charge in [-0.25, -0.2) is 9.37 Å². The van der Waals surface area contributed by atoms with Crippen molar-refractivity contribution in [3.05, 3.63) is 78.2 Å². The van der Waals surface area contributed by atoms with Crippen molar-refractivity contribution >= 4 is 29.2 Å². The SMILES string of the molecule is O=C(CCCC(=O)N(c1ccc2c(c1)OCO2)C(C(=O)NC1CCCCC1)c1ccc(F)cc1)Nc1ccccn1. The molecule has 3 amide bonds. The average molecular weight is 561 g/mol. The molecule has 1 aromatic heterocycles. The van der Waals surface area contributed by atoms with E-state index in [-0.39, 0.29) is 49.8 Å². The van der Waals surface area contributed by atoms with Gasteiger partial charge in [-0.3, -0.25) is 19.3 Å². The highest BCUT2D eigenvalue weighted by Gasteiger charge is 2.34. The molecule has 1 unspecified atom stereocenters. The van der Waals surface area contributed by atoms with Crippen LogP contribution in [0.2, 0.25) is 0 Å². The van der Waals surface area contributed by atoms with Gasteiger partial charge in [0.2, 0.25) is 24.5 Å². The number of carbonyl (C=O) groups is 3. The standard InChI is InChI=1S/C31H33FN4O5/c32-22-14-12-21(13-15-22)30(31(39)34-23-7-2-1-3-8-23)36(24-16-17-25-26(19-24)41-20-40-25)29(38)11-6-10-28(37)35-27-9-4-5-18-33-27/h4-5,9,12-19,23,30H,1-3,6-8,10-11,20H2,(H,34,39)(H,33,35,37). The molecule has 41 heavy (non-hydrogen) atoms. The molecule has 9 nitrogen and oxygen atoms in total. The van der Waals surface area contributed by atoms with E-state index in [0.29, 0.717) is 28.6 Å². The van der Waals surface area contributed by atoms with Gasteiger partial charge in [0.15, 0.2) is 11.5 Å². The molecule has 0 spiro atoms. The van der Waals surface area contributed by atoms with E-state index < -0.39 is 11.9 Å². The highest BCUT2D eigenvalue weighted by molar-refractivity contribution is 6.02. The summed E-state index contributed by atoms with van der Waals surface area (Å²) in [6.07, 6.45) is 6.83. The van der Waals surface area contributed by atoms with Crippen LogP contribution in [0.1, 0.15) is 63.0 Å². The highest BCUT2D eigenvalue weighted by Crippen LogP contribution is 2.38. The molecule has 0 saturated heterocycles. The molecule has 0 radical (unpaired) electrons. The minimum absolute atomic E-state index is 0.00150. The van der Waals surface area contributed by atoms with E-state index in [2.05, 4.69) is 15.6 Å². The number of hydrogen-bond acceptors (Lipinski definition) is 6. The van der Waals surface area contributed by atoms with E-state index in [1.807, 2.05) is 0 Å². The van der Waals surface area contributed by atoms with Crippen LogP contribution < -0.4 is 25.0 Å². The van der Waals surface area contributed by atoms with Crippen LogP contribution >= 0.6 is 0 Å². The fourth-order valence-corrected chi connectivity index (χ4v) is 5.22. The maximum absolute atomic E-state index is 13.9. The minimum Gasteiger partial charge on any atom is -0.454 e.